The predicted octanol–water partition coefficient (Wildman–Crippen LogP) is 0.350. The molecule has 2 amide bonds. The third kappa shape index (κ3) is 3.14. The van der Waals surface area contributed by atoms with Crippen molar-refractivity contribution in [2.75, 3.05) is 11.9 Å². The minimum Gasteiger partial charge on any atom is -0.361 e. The standard InChI is InChI=1S/C20H21N5O4/c1-24-17-16(19(28)25(2)20(24)29)13(18(27)23-17)9-15(26)21-8-7-11-10-22-14-6-4-3-5-12(11)14/h3-6,10,13,22H,7-9H2,1-2H3,(H,21,26)(H,23,27). The van der Waals surface area contributed by atoms with Gasteiger partial charge in [-0.2, -0.15) is 0 Å². The highest BCUT2D eigenvalue weighted by molar-refractivity contribution is 6.04. The van der Waals surface area contributed by atoms with Gasteiger partial charge in [0.25, 0.3) is 5.56 Å². The molecule has 9 nitrogen and oxygen atoms in total. The zero-order valence-corrected chi connectivity index (χ0v) is 16.1. The van der Waals surface area contributed by atoms with Gasteiger partial charge in [0.1, 0.15) is 5.82 Å². The van der Waals surface area contributed by atoms with Gasteiger partial charge in [0.2, 0.25) is 11.8 Å². The molecule has 0 fully saturated rings. The van der Waals surface area contributed by atoms with E-state index in [1.165, 1.54) is 18.7 Å². The number of hydrogen-bond donors (Lipinski definition) is 3. The summed E-state index contributed by atoms with van der Waals surface area (Å²) in [6.07, 6.45) is 2.40. The molecule has 0 bridgehead atoms. The Morgan fingerprint density at radius 1 is 1.14 bits per heavy atom. The molecule has 1 aliphatic heterocycles. The van der Waals surface area contributed by atoms with Crippen LogP contribution in [-0.2, 0) is 30.1 Å². The third-order valence-electron chi connectivity index (χ3n) is 5.39. The lowest BCUT2D eigenvalue weighted by atomic mass is 9.99. The van der Waals surface area contributed by atoms with Crippen molar-refractivity contribution in [2.24, 2.45) is 14.1 Å². The number of fused-ring (bicyclic) bond motifs is 2. The van der Waals surface area contributed by atoms with Gasteiger partial charge in [0, 0.05) is 44.2 Å². The Hall–Kier alpha value is -3.62. The summed E-state index contributed by atoms with van der Waals surface area (Å²) in [7, 11) is 2.83. The SMILES string of the molecule is Cn1c2c(c(=O)n(C)c1=O)C(CC(=O)NCCc1c[nH]c3ccccc13)C(=O)N2. The molecule has 1 aromatic carbocycles. The van der Waals surface area contributed by atoms with E-state index in [2.05, 4.69) is 15.6 Å². The molecular formula is C20H21N5O4. The van der Waals surface area contributed by atoms with Crippen LogP contribution in [0.15, 0.2) is 40.1 Å². The van der Waals surface area contributed by atoms with Gasteiger partial charge >= 0.3 is 5.69 Å². The number of amides is 2. The van der Waals surface area contributed by atoms with E-state index in [0.29, 0.717) is 13.0 Å². The second-order valence-corrected chi connectivity index (χ2v) is 7.17. The first-order valence-electron chi connectivity index (χ1n) is 9.31. The van der Waals surface area contributed by atoms with Gasteiger partial charge in [-0.1, -0.05) is 18.2 Å². The topological polar surface area (TPSA) is 118 Å². The van der Waals surface area contributed by atoms with Crippen molar-refractivity contribution < 1.29 is 9.59 Å². The predicted molar refractivity (Wildman–Crippen MR) is 108 cm³/mol. The van der Waals surface area contributed by atoms with E-state index in [0.717, 1.165) is 21.0 Å². The highest BCUT2D eigenvalue weighted by atomic mass is 16.2. The zero-order chi connectivity index (χ0) is 20.7. The number of H-pyrrole nitrogens is 1. The lowest BCUT2D eigenvalue weighted by Gasteiger charge is -2.11. The van der Waals surface area contributed by atoms with E-state index in [4.69, 9.17) is 0 Å². The van der Waals surface area contributed by atoms with Crippen LogP contribution in [0.1, 0.15) is 23.5 Å². The molecular weight excluding hydrogens is 374 g/mol. The molecule has 3 N–H and O–H groups in total. The average molecular weight is 395 g/mol. The summed E-state index contributed by atoms with van der Waals surface area (Å²) < 4.78 is 2.16. The first-order valence-corrected chi connectivity index (χ1v) is 9.31. The quantitative estimate of drug-likeness (QED) is 0.578. The minimum absolute atomic E-state index is 0.153. The Morgan fingerprint density at radius 3 is 2.69 bits per heavy atom. The number of nitrogens with one attached hydrogen (secondary N) is 3. The van der Waals surface area contributed by atoms with Gasteiger partial charge in [-0.05, 0) is 18.1 Å². The van der Waals surface area contributed by atoms with Gasteiger partial charge in [-0.3, -0.25) is 23.5 Å². The number of carbonyl (C=O) groups excluding carboxylic acids is 2. The maximum Gasteiger partial charge on any atom is 0.332 e. The number of rotatable bonds is 5. The Bertz CT molecular complexity index is 1250. The molecule has 0 radical (unpaired) electrons. The van der Waals surface area contributed by atoms with E-state index >= 15 is 0 Å². The number of aromatic amines is 1. The second kappa shape index (κ2) is 7.08. The zero-order valence-electron chi connectivity index (χ0n) is 16.1. The molecule has 3 heterocycles. The number of nitrogens with zero attached hydrogens (tertiary/aromatic N) is 2. The number of benzene rings is 1. The smallest absolute Gasteiger partial charge is 0.332 e. The second-order valence-electron chi connectivity index (χ2n) is 7.17. The van der Waals surface area contributed by atoms with Gasteiger partial charge < -0.3 is 15.6 Å². The fourth-order valence-corrected chi connectivity index (χ4v) is 3.80. The van der Waals surface area contributed by atoms with Crippen LogP contribution in [0.3, 0.4) is 0 Å². The molecule has 2 aromatic heterocycles. The summed E-state index contributed by atoms with van der Waals surface area (Å²) in [6, 6.07) is 7.92. The molecule has 0 spiro atoms. The van der Waals surface area contributed by atoms with Crippen molar-refractivity contribution in [1.82, 2.24) is 19.4 Å². The van der Waals surface area contributed by atoms with Crippen LogP contribution in [0.2, 0.25) is 0 Å². The van der Waals surface area contributed by atoms with Crippen molar-refractivity contribution in [1.29, 1.82) is 0 Å². The number of para-hydroxylation sites is 1. The van der Waals surface area contributed by atoms with Crippen LogP contribution < -0.4 is 21.9 Å². The molecule has 9 heteroatoms. The van der Waals surface area contributed by atoms with Crippen LogP contribution >= 0.6 is 0 Å². The Kier molecular flexibility index (Phi) is 4.57. The molecule has 1 aliphatic rings. The molecule has 1 unspecified atom stereocenters. The molecule has 3 aromatic rings. The fraction of sp³-hybridized carbons (Fsp3) is 0.300. The summed E-state index contributed by atoms with van der Waals surface area (Å²) in [5.41, 5.74) is 1.20. The number of carbonyl (C=O) groups is 2. The number of anilines is 1. The minimum atomic E-state index is -0.913. The molecule has 150 valence electrons. The summed E-state index contributed by atoms with van der Waals surface area (Å²) >= 11 is 0. The molecule has 29 heavy (non-hydrogen) atoms. The van der Waals surface area contributed by atoms with E-state index in [1.54, 1.807) is 0 Å². The average Bonchev–Trinajstić information content (AvgIpc) is 3.26. The monoisotopic (exact) mass is 395 g/mol. The van der Waals surface area contributed by atoms with Crippen molar-refractivity contribution in [3.8, 4) is 0 Å². The van der Waals surface area contributed by atoms with Crippen molar-refractivity contribution >= 4 is 28.5 Å². The van der Waals surface area contributed by atoms with Crippen LogP contribution in [0.4, 0.5) is 5.82 Å². The first-order chi connectivity index (χ1) is 13.9. The number of hydrogen-bond acceptors (Lipinski definition) is 4. The highest BCUT2D eigenvalue weighted by Crippen LogP contribution is 2.30. The van der Waals surface area contributed by atoms with Gasteiger partial charge in [0.05, 0.1) is 11.5 Å². The van der Waals surface area contributed by atoms with Crippen molar-refractivity contribution in [3.05, 3.63) is 62.4 Å². The maximum atomic E-state index is 12.5. The van der Waals surface area contributed by atoms with Gasteiger partial charge in [-0.25, -0.2) is 4.79 Å². The summed E-state index contributed by atoms with van der Waals surface area (Å²) in [6.45, 7) is 0.410. The van der Waals surface area contributed by atoms with Crippen LogP contribution in [-0.4, -0.2) is 32.5 Å². The lowest BCUT2D eigenvalue weighted by Crippen LogP contribution is -2.39. The summed E-state index contributed by atoms with van der Waals surface area (Å²) in [5, 5.41) is 6.48. The summed E-state index contributed by atoms with van der Waals surface area (Å²) in [4.78, 5) is 52.5. The van der Waals surface area contributed by atoms with Gasteiger partial charge in [-0.15, -0.1) is 0 Å². The largest absolute Gasteiger partial charge is 0.361 e. The van der Waals surface area contributed by atoms with Crippen LogP contribution in [0.25, 0.3) is 10.9 Å². The van der Waals surface area contributed by atoms with Crippen LogP contribution in [0.5, 0.6) is 0 Å². The van der Waals surface area contributed by atoms with E-state index in [-0.39, 0.29) is 23.7 Å². The Balaban J connectivity index is 1.45. The molecule has 0 aliphatic carbocycles. The number of aromatic nitrogens is 3. The fourth-order valence-electron chi connectivity index (χ4n) is 3.80. The molecule has 4 rings (SSSR count). The normalized spacial score (nSPS) is 15.4. The molecule has 1 atom stereocenters. The molecule has 0 saturated heterocycles. The Morgan fingerprint density at radius 2 is 1.90 bits per heavy atom. The van der Waals surface area contributed by atoms with E-state index in [1.807, 2.05) is 30.5 Å². The lowest BCUT2D eigenvalue weighted by molar-refractivity contribution is -0.125. The van der Waals surface area contributed by atoms with E-state index in [9.17, 15) is 19.2 Å². The van der Waals surface area contributed by atoms with Crippen LogP contribution in [0, 0.1) is 0 Å². The van der Waals surface area contributed by atoms with Crippen molar-refractivity contribution in [3.63, 3.8) is 0 Å². The van der Waals surface area contributed by atoms with Crippen molar-refractivity contribution in [2.45, 2.75) is 18.8 Å². The highest BCUT2D eigenvalue weighted by Gasteiger charge is 2.37. The maximum absolute atomic E-state index is 12.5. The third-order valence-corrected chi connectivity index (χ3v) is 5.39. The summed E-state index contributed by atoms with van der Waals surface area (Å²) in [5.74, 6) is -1.53. The van der Waals surface area contributed by atoms with E-state index < -0.39 is 23.1 Å². The first kappa shape index (κ1) is 18.7. The molecule has 0 saturated carbocycles. The Labute approximate surface area is 165 Å². The van der Waals surface area contributed by atoms with Gasteiger partial charge in [0.15, 0.2) is 0 Å².